The van der Waals surface area contributed by atoms with Gasteiger partial charge in [-0.25, -0.2) is 0 Å². The second kappa shape index (κ2) is 4.82. The number of nitrogens with one attached hydrogen (secondary N) is 1. The molecule has 0 spiro atoms. The molecule has 3 N–H and O–H groups in total. The number of piperidine rings is 1. The van der Waals surface area contributed by atoms with E-state index in [1.165, 1.54) is 5.57 Å². The Morgan fingerprint density at radius 1 is 1.25 bits per heavy atom. The maximum Gasteiger partial charge on any atom is 0.0998 e. The maximum absolute atomic E-state index is 9.27. The molecule has 1 aliphatic rings. The number of para-hydroxylation sites is 1. The number of nitrogen functional groups attached to an aromatic ring is 1. The SMILES string of the molecule is N#CC(=C1CCNCC1)c1ccccc1N. The third-order valence-electron chi connectivity index (χ3n) is 2.90. The van der Waals surface area contributed by atoms with Crippen LogP contribution in [0.15, 0.2) is 29.8 Å². The third-order valence-corrected chi connectivity index (χ3v) is 2.90. The lowest BCUT2D eigenvalue weighted by Gasteiger charge is -2.17. The van der Waals surface area contributed by atoms with Gasteiger partial charge in [-0.05, 0) is 37.6 Å². The van der Waals surface area contributed by atoms with Crippen LogP contribution < -0.4 is 11.1 Å². The molecule has 0 aromatic heterocycles. The summed E-state index contributed by atoms with van der Waals surface area (Å²) >= 11 is 0. The normalized spacial score (nSPS) is 15.6. The van der Waals surface area contributed by atoms with Gasteiger partial charge in [0.25, 0.3) is 0 Å². The Balaban J connectivity index is 2.43. The van der Waals surface area contributed by atoms with Crippen molar-refractivity contribution >= 4 is 11.3 Å². The summed E-state index contributed by atoms with van der Waals surface area (Å²) < 4.78 is 0. The molecule has 1 aromatic rings. The minimum Gasteiger partial charge on any atom is -0.398 e. The van der Waals surface area contributed by atoms with Gasteiger partial charge < -0.3 is 11.1 Å². The minimum atomic E-state index is 0.685. The fraction of sp³-hybridized carbons (Fsp3) is 0.308. The third kappa shape index (κ3) is 2.07. The van der Waals surface area contributed by atoms with E-state index in [4.69, 9.17) is 5.73 Å². The van der Waals surface area contributed by atoms with Crippen molar-refractivity contribution < 1.29 is 0 Å². The molecule has 0 saturated carbocycles. The largest absolute Gasteiger partial charge is 0.398 e. The van der Waals surface area contributed by atoms with Crippen LogP contribution in [-0.2, 0) is 0 Å². The Hall–Kier alpha value is -1.79. The first-order valence-electron chi connectivity index (χ1n) is 5.50. The van der Waals surface area contributed by atoms with Gasteiger partial charge in [0.1, 0.15) is 0 Å². The van der Waals surface area contributed by atoms with Crippen molar-refractivity contribution in [3.63, 3.8) is 0 Å². The second-order valence-corrected chi connectivity index (χ2v) is 3.93. The van der Waals surface area contributed by atoms with E-state index in [1.807, 2.05) is 24.3 Å². The van der Waals surface area contributed by atoms with Crippen molar-refractivity contribution in [3.8, 4) is 6.07 Å². The minimum absolute atomic E-state index is 0.685. The maximum atomic E-state index is 9.27. The van der Waals surface area contributed by atoms with Gasteiger partial charge in [-0.3, -0.25) is 0 Å². The van der Waals surface area contributed by atoms with Crippen molar-refractivity contribution in [2.45, 2.75) is 12.8 Å². The zero-order valence-electron chi connectivity index (χ0n) is 9.16. The van der Waals surface area contributed by atoms with E-state index in [1.54, 1.807) is 0 Å². The fourth-order valence-electron chi connectivity index (χ4n) is 2.03. The Kier molecular flexibility index (Phi) is 3.23. The number of nitrogens with zero attached hydrogens (tertiary/aromatic N) is 1. The number of hydrogen-bond donors (Lipinski definition) is 2. The number of allylic oxidation sites excluding steroid dienone is 1. The molecular weight excluding hydrogens is 198 g/mol. The first-order valence-corrected chi connectivity index (χ1v) is 5.50. The van der Waals surface area contributed by atoms with E-state index in [-0.39, 0.29) is 0 Å². The summed E-state index contributed by atoms with van der Waals surface area (Å²) in [5.74, 6) is 0. The summed E-state index contributed by atoms with van der Waals surface area (Å²) in [6, 6.07) is 9.87. The van der Waals surface area contributed by atoms with Crippen molar-refractivity contribution in [2.24, 2.45) is 0 Å². The smallest absolute Gasteiger partial charge is 0.0998 e. The summed E-state index contributed by atoms with van der Waals surface area (Å²) in [4.78, 5) is 0. The van der Waals surface area contributed by atoms with E-state index >= 15 is 0 Å². The van der Waals surface area contributed by atoms with Crippen molar-refractivity contribution in [1.82, 2.24) is 5.32 Å². The van der Waals surface area contributed by atoms with Crippen molar-refractivity contribution in [2.75, 3.05) is 18.8 Å². The summed E-state index contributed by atoms with van der Waals surface area (Å²) in [7, 11) is 0. The van der Waals surface area contributed by atoms with Crippen LogP contribution in [0.25, 0.3) is 5.57 Å². The molecule has 1 fully saturated rings. The molecule has 0 amide bonds. The molecule has 0 radical (unpaired) electrons. The molecule has 0 bridgehead atoms. The van der Waals surface area contributed by atoms with Crippen molar-refractivity contribution in [3.05, 3.63) is 35.4 Å². The van der Waals surface area contributed by atoms with Gasteiger partial charge in [-0.15, -0.1) is 0 Å². The lowest BCUT2D eigenvalue weighted by atomic mass is 9.94. The number of rotatable bonds is 1. The van der Waals surface area contributed by atoms with E-state index in [9.17, 15) is 5.26 Å². The highest BCUT2D eigenvalue weighted by Gasteiger charge is 2.13. The van der Waals surface area contributed by atoms with E-state index in [0.717, 1.165) is 37.1 Å². The summed E-state index contributed by atoms with van der Waals surface area (Å²) in [5.41, 5.74) is 9.45. The number of nitrogens with two attached hydrogens (primary N) is 1. The average molecular weight is 213 g/mol. The van der Waals surface area contributed by atoms with Crippen LogP contribution in [0.2, 0.25) is 0 Å². The van der Waals surface area contributed by atoms with Gasteiger partial charge in [0.05, 0.1) is 11.6 Å². The lowest BCUT2D eigenvalue weighted by Crippen LogP contribution is -2.23. The quantitative estimate of drug-likeness (QED) is 0.553. The predicted molar refractivity (Wildman–Crippen MR) is 65.5 cm³/mol. The van der Waals surface area contributed by atoms with Gasteiger partial charge in [0.2, 0.25) is 0 Å². The molecule has 0 atom stereocenters. The molecule has 1 heterocycles. The van der Waals surface area contributed by atoms with Gasteiger partial charge >= 0.3 is 0 Å². The first-order chi connectivity index (χ1) is 7.83. The van der Waals surface area contributed by atoms with Crippen LogP contribution in [0.4, 0.5) is 5.69 Å². The average Bonchev–Trinajstić information content (AvgIpc) is 2.34. The topological polar surface area (TPSA) is 61.8 Å². The summed E-state index contributed by atoms with van der Waals surface area (Å²) in [6.45, 7) is 1.90. The van der Waals surface area contributed by atoms with Gasteiger partial charge in [-0.2, -0.15) is 5.26 Å². The molecule has 82 valence electrons. The van der Waals surface area contributed by atoms with Crippen LogP contribution in [0, 0.1) is 11.3 Å². The van der Waals surface area contributed by atoms with E-state index < -0.39 is 0 Å². The number of anilines is 1. The highest BCUT2D eigenvalue weighted by atomic mass is 14.9. The van der Waals surface area contributed by atoms with E-state index in [2.05, 4.69) is 11.4 Å². The fourth-order valence-corrected chi connectivity index (χ4v) is 2.03. The Bertz CT molecular complexity index is 446. The Morgan fingerprint density at radius 2 is 1.94 bits per heavy atom. The van der Waals surface area contributed by atoms with Crippen LogP contribution in [0.3, 0.4) is 0 Å². The molecule has 1 saturated heterocycles. The number of nitriles is 1. The zero-order valence-corrected chi connectivity index (χ0v) is 9.16. The predicted octanol–water partition coefficient (Wildman–Crippen LogP) is 1.93. The van der Waals surface area contributed by atoms with Crippen LogP contribution in [0.1, 0.15) is 18.4 Å². The zero-order chi connectivity index (χ0) is 11.4. The molecule has 16 heavy (non-hydrogen) atoms. The highest BCUT2D eigenvalue weighted by molar-refractivity contribution is 5.85. The molecule has 1 aromatic carbocycles. The molecule has 3 heteroatoms. The van der Waals surface area contributed by atoms with Crippen LogP contribution in [-0.4, -0.2) is 13.1 Å². The standard InChI is InChI=1S/C13H15N3/c14-9-12(10-5-7-16-8-6-10)11-3-1-2-4-13(11)15/h1-4,16H,5-8,15H2. The monoisotopic (exact) mass is 213 g/mol. The highest BCUT2D eigenvalue weighted by Crippen LogP contribution is 2.27. The number of benzene rings is 1. The Morgan fingerprint density at radius 3 is 2.56 bits per heavy atom. The summed E-state index contributed by atoms with van der Waals surface area (Å²) in [5, 5.41) is 12.6. The molecule has 2 rings (SSSR count). The second-order valence-electron chi connectivity index (χ2n) is 3.93. The summed E-state index contributed by atoms with van der Waals surface area (Å²) in [6.07, 6.45) is 1.88. The van der Waals surface area contributed by atoms with Crippen LogP contribution in [0.5, 0.6) is 0 Å². The molecular formula is C13H15N3. The van der Waals surface area contributed by atoms with Gasteiger partial charge in [0, 0.05) is 11.3 Å². The van der Waals surface area contributed by atoms with Crippen molar-refractivity contribution in [1.29, 1.82) is 5.26 Å². The van der Waals surface area contributed by atoms with Gasteiger partial charge in [-0.1, -0.05) is 18.2 Å². The molecule has 0 unspecified atom stereocenters. The number of hydrogen-bond acceptors (Lipinski definition) is 3. The Labute approximate surface area is 95.6 Å². The molecule has 0 aliphatic carbocycles. The van der Waals surface area contributed by atoms with Gasteiger partial charge in [0.15, 0.2) is 0 Å². The van der Waals surface area contributed by atoms with Crippen LogP contribution >= 0.6 is 0 Å². The molecule has 3 nitrogen and oxygen atoms in total. The lowest BCUT2D eigenvalue weighted by molar-refractivity contribution is 0.612. The molecule has 1 aliphatic heterocycles. The van der Waals surface area contributed by atoms with E-state index in [0.29, 0.717) is 5.69 Å². The first kappa shape index (κ1) is 10.7.